The number of rotatable bonds is 2. The van der Waals surface area contributed by atoms with E-state index in [1.54, 1.807) is 0 Å². The predicted molar refractivity (Wildman–Crippen MR) is 80.1 cm³/mol. The number of hydrogen-bond acceptors (Lipinski definition) is 3. The molecule has 0 amide bonds. The van der Waals surface area contributed by atoms with Crippen LogP contribution in [0.5, 0.6) is 0 Å². The first-order valence-electron chi connectivity index (χ1n) is 6.85. The lowest BCUT2D eigenvalue weighted by atomic mass is 9.74. The minimum atomic E-state index is -0.756. The molecule has 0 bridgehead atoms. The molecule has 2 aliphatic rings. The zero-order valence-corrected chi connectivity index (χ0v) is 13.7. The number of aliphatic hydroxyl groups excluding tert-OH is 3. The fraction of sp³-hybridized carbons (Fsp3) is 1.00. The highest BCUT2D eigenvalue weighted by Gasteiger charge is 2.40. The molecule has 3 nitrogen and oxygen atoms in total. The predicted octanol–water partition coefficient (Wildman–Crippen LogP) is 2.26. The van der Waals surface area contributed by atoms with E-state index in [2.05, 4.69) is 15.9 Å². The van der Waals surface area contributed by atoms with E-state index in [-0.39, 0.29) is 22.6 Å². The fourth-order valence-corrected chi connectivity index (χ4v) is 5.31. The van der Waals surface area contributed by atoms with Crippen LogP contribution < -0.4 is 0 Å². The van der Waals surface area contributed by atoms with Crippen molar-refractivity contribution in [2.75, 3.05) is 0 Å². The molecule has 3 N–H and O–H groups in total. The van der Waals surface area contributed by atoms with Crippen molar-refractivity contribution in [3.63, 3.8) is 0 Å². The molecule has 0 aromatic rings. The van der Waals surface area contributed by atoms with Crippen LogP contribution in [0.25, 0.3) is 0 Å². The van der Waals surface area contributed by atoms with Crippen LogP contribution in [0.1, 0.15) is 32.1 Å². The third-order valence-electron chi connectivity index (χ3n) is 4.43. The second-order valence-electron chi connectivity index (χ2n) is 5.96. The van der Waals surface area contributed by atoms with Crippen molar-refractivity contribution < 1.29 is 15.3 Å². The molecule has 0 spiro atoms. The molecule has 2 saturated carbocycles. The Morgan fingerprint density at radius 1 is 0.895 bits per heavy atom. The van der Waals surface area contributed by atoms with E-state index in [9.17, 15) is 15.3 Å². The SMILES string of the molecule is OC1CC(Cl)CC(CC2CC(Br)CC(Cl)C2O)C1O. The summed E-state index contributed by atoms with van der Waals surface area (Å²) in [5.74, 6) is -0.0120. The third-order valence-corrected chi connectivity index (χ3v) is 5.97. The van der Waals surface area contributed by atoms with Gasteiger partial charge in [0.15, 0.2) is 0 Å². The van der Waals surface area contributed by atoms with E-state index in [0.29, 0.717) is 24.1 Å². The average Bonchev–Trinajstić information content (AvgIpc) is 2.31. The van der Waals surface area contributed by atoms with Gasteiger partial charge in [0.05, 0.1) is 23.7 Å². The summed E-state index contributed by atoms with van der Waals surface area (Å²) < 4.78 is 0. The maximum absolute atomic E-state index is 10.2. The van der Waals surface area contributed by atoms with Crippen LogP contribution in [0.3, 0.4) is 0 Å². The first-order chi connectivity index (χ1) is 8.88. The van der Waals surface area contributed by atoms with Gasteiger partial charge in [0.2, 0.25) is 0 Å². The van der Waals surface area contributed by atoms with Crippen molar-refractivity contribution in [2.24, 2.45) is 11.8 Å². The summed E-state index contributed by atoms with van der Waals surface area (Å²) in [7, 11) is 0. The minimum absolute atomic E-state index is 0.0504. The Morgan fingerprint density at radius 2 is 1.53 bits per heavy atom. The van der Waals surface area contributed by atoms with Crippen LogP contribution in [0.4, 0.5) is 0 Å². The Labute approximate surface area is 132 Å². The van der Waals surface area contributed by atoms with Crippen molar-refractivity contribution in [1.82, 2.24) is 0 Å². The van der Waals surface area contributed by atoms with Crippen molar-refractivity contribution in [3.05, 3.63) is 0 Å². The summed E-state index contributed by atoms with van der Waals surface area (Å²) in [6, 6.07) is 0. The Balaban J connectivity index is 1.98. The topological polar surface area (TPSA) is 60.7 Å². The molecule has 2 fully saturated rings. The summed E-state index contributed by atoms with van der Waals surface area (Å²) in [6.45, 7) is 0. The summed E-state index contributed by atoms with van der Waals surface area (Å²) in [5, 5.41) is 29.7. The van der Waals surface area contributed by atoms with E-state index in [1.807, 2.05) is 0 Å². The van der Waals surface area contributed by atoms with Gasteiger partial charge in [-0.25, -0.2) is 0 Å². The van der Waals surface area contributed by atoms with Crippen LogP contribution in [0.2, 0.25) is 0 Å². The van der Waals surface area contributed by atoms with Crippen LogP contribution in [-0.2, 0) is 0 Å². The number of halogens is 3. The fourth-order valence-electron chi connectivity index (χ4n) is 3.38. The van der Waals surface area contributed by atoms with Crippen molar-refractivity contribution in [2.45, 2.75) is 66.0 Å². The molecule has 19 heavy (non-hydrogen) atoms. The van der Waals surface area contributed by atoms with Crippen LogP contribution in [-0.4, -0.2) is 49.2 Å². The highest BCUT2D eigenvalue weighted by molar-refractivity contribution is 9.09. The van der Waals surface area contributed by atoms with E-state index >= 15 is 0 Å². The molecule has 2 rings (SSSR count). The highest BCUT2D eigenvalue weighted by atomic mass is 79.9. The van der Waals surface area contributed by atoms with Gasteiger partial charge in [-0.05, 0) is 43.9 Å². The molecule has 8 atom stereocenters. The molecule has 0 radical (unpaired) electrons. The molecule has 0 heterocycles. The molecule has 0 saturated heterocycles. The van der Waals surface area contributed by atoms with Gasteiger partial charge in [-0.2, -0.15) is 0 Å². The Morgan fingerprint density at radius 3 is 2.21 bits per heavy atom. The van der Waals surface area contributed by atoms with Crippen molar-refractivity contribution in [3.8, 4) is 0 Å². The molecule has 112 valence electrons. The Kier molecular flexibility index (Phi) is 5.84. The largest absolute Gasteiger partial charge is 0.391 e. The van der Waals surface area contributed by atoms with Gasteiger partial charge in [0, 0.05) is 10.2 Å². The molecule has 0 aromatic heterocycles. The zero-order valence-electron chi connectivity index (χ0n) is 10.6. The van der Waals surface area contributed by atoms with Crippen LogP contribution in [0.15, 0.2) is 0 Å². The van der Waals surface area contributed by atoms with Crippen molar-refractivity contribution in [1.29, 1.82) is 0 Å². The Bertz CT molecular complexity index is 280. The van der Waals surface area contributed by atoms with Crippen LogP contribution >= 0.6 is 39.1 Å². The average molecular weight is 376 g/mol. The lowest BCUT2D eigenvalue weighted by Crippen LogP contribution is -2.45. The Hall–Kier alpha value is 0.940. The molecular weight excluding hydrogens is 355 g/mol. The van der Waals surface area contributed by atoms with E-state index in [1.165, 1.54) is 0 Å². The van der Waals surface area contributed by atoms with Crippen molar-refractivity contribution >= 4 is 39.1 Å². The monoisotopic (exact) mass is 374 g/mol. The van der Waals surface area contributed by atoms with Gasteiger partial charge in [-0.1, -0.05) is 15.9 Å². The number of alkyl halides is 3. The second-order valence-corrected chi connectivity index (χ2v) is 8.43. The van der Waals surface area contributed by atoms with Gasteiger partial charge in [0.1, 0.15) is 0 Å². The number of aliphatic hydroxyl groups is 3. The van der Waals surface area contributed by atoms with Gasteiger partial charge in [0.25, 0.3) is 0 Å². The van der Waals surface area contributed by atoms with E-state index < -0.39 is 18.3 Å². The lowest BCUT2D eigenvalue weighted by Gasteiger charge is -2.40. The molecule has 0 aromatic carbocycles. The maximum Gasteiger partial charge on any atom is 0.0828 e. The summed E-state index contributed by atoms with van der Waals surface area (Å²) in [5.41, 5.74) is 0. The van der Waals surface area contributed by atoms with Gasteiger partial charge >= 0.3 is 0 Å². The van der Waals surface area contributed by atoms with Crippen LogP contribution in [0, 0.1) is 11.8 Å². The normalized spacial score (nSPS) is 52.1. The second kappa shape index (κ2) is 6.80. The summed E-state index contributed by atoms with van der Waals surface area (Å²) >= 11 is 15.8. The summed E-state index contributed by atoms with van der Waals surface area (Å²) in [4.78, 5) is 0.306. The number of hydrogen-bond donors (Lipinski definition) is 3. The third kappa shape index (κ3) is 3.98. The highest BCUT2D eigenvalue weighted by Crippen LogP contribution is 2.40. The summed E-state index contributed by atoms with van der Waals surface area (Å²) in [6.07, 6.45) is 1.34. The van der Waals surface area contributed by atoms with Gasteiger partial charge < -0.3 is 15.3 Å². The molecule has 8 unspecified atom stereocenters. The zero-order chi connectivity index (χ0) is 14.2. The molecule has 6 heteroatoms. The standard InChI is InChI=1S/C13H21BrCl2O3/c14-8-2-6(12(18)10(16)4-8)1-7-3-9(15)5-11(17)13(7)19/h6-13,17-19H,1-5H2. The maximum atomic E-state index is 10.2. The molecule has 2 aliphatic carbocycles. The van der Waals surface area contributed by atoms with E-state index in [4.69, 9.17) is 23.2 Å². The lowest BCUT2D eigenvalue weighted by molar-refractivity contribution is -0.0576. The smallest absolute Gasteiger partial charge is 0.0828 e. The first kappa shape index (κ1) is 16.3. The van der Waals surface area contributed by atoms with E-state index in [0.717, 1.165) is 12.8 Å². The first-order valence-corrected chi connectivity index (χ1v) is 8.63. The van der Waals surface area contributed by atoms with Gasteiger partial charge in [-0.15, -0.1) is 23.2 Å². The quantitative estimate of drug-likeness (QED) is 0.648. The minimum Gasteiger partial charge on any atom is -0.391 e. The molecule has 0 aliphatic heterocycles. The van der Waals surface area contributed by atoms with Gasteiger partial charge in [-0.3, -0.25) is 0 Å². The molecular formula is C13H21BrCl2O3.